The summed E-state index contributed by atoms with van der Waals surface area (Å²) in [6, 6.07) is 0. The van der Waals surface area contributed by atoms with Crippen LogP contribution in [0.3, 0.4) is 0 Å². The van der Waals surface area contributed by atoms with Gasteiger partial charge in [0.15, 0.2) is 0 Å². The van der Waals surface area contributed by atoms with Gasteiger partial charge >= 0.3 is 0 Å². The molecule has 21 heavy (non-hydrogen) atoms. The van der Waals surface area contributed by atoms with Gasteiger partial charge in [-0.1, -0.05) is 41.5 Å². The van der Waals surface area contributed by atoms with Crippen molar-refractivity contribution in [3.8, 4) is 0 Å². The molecule has 0 aromatic carbocycles. The normalized spacial score (nSPS) is 16.4. The Bertz CT molecular complexity index is 392. The third-order valence-electron chi connectivity index (χ3n) is 3.32. The van der Waals surface area contributed by atoms with Crippen molar-refractivity contribution in [1.82, 2.24) is 0 Å². The summed E-state index contributed by atoms with van der Waals surface area (Å²) in [5, 5.41) is 59.8. The molecule has 6 nitrogen and oxygen atoms in total. The molecule has 0 amide bonds. The highest BCUT2D eigenvalue weighted by Gasteiger charge is 2.45. The lowest BCUT2D eigenvalue weighted by Crippen LogP contribution is -2.38. The van der Waals surface area contributed by atoms with E-state index in [1.165, 1.54) is 0 Å². The largest absolute Gasteiger partial charge is 0.508 e. The predicted octanol–water partition coefficient (Wildman–Crippen LogP) is 2.70. The molecular formula is C15H28O6. The first-order chi connectivity index (χ1) is 9.25. The van der Waals surface area contributed by atoms with E-state index in [2.05, 4.69) is 0 Å². The Kier molecular flexibility index (Phi) is 5.74. The molecule has 6 N–H and O–H groups in total. The van der Waals surface area contributed by atoms with Crippen LogP contribution in [0.2, 0.25) is 0 Å². The molecule has 124 valence electrons. The van der Waals surface area contributed by atoms with Crippen molar-refractivity contribution < 1.29 is 30.6 Å². The maximum absolute atomic E-state index is 10.3. The van der Waals surface area contributed by atoms with Crippen LogP contribution in [0.4, 0.5) is 0 Å². The molecule has 6 heteroatoms. The molecule has 0 unspecified atom stereocenters. The van der Waals surface area contributed by atoms with Crippen LogP contribution in [-0.2, 0) is 0 Å². The van der Waals surface area contributed by atoms with Crippen LogP contribution in [0, 0.1) is 16.2 Å². The maximum atomic E-state index is 10.3. The second-order valence-corrected chi connectivity index (χ2v) is 7.29. The zero-order chi connectivity index (χ0) is 17.2. The first kappa shape index (κ1) is 19.6. The third kappa shape index (κ3) is 3.83. The minimum Gasteiger partial charge on any atom is -0.508 e. The number of allylic oxidation sites excluding steroid dienone is 2. The highest BCUT2D eigenvalue weighted by Crippen LogP contribution is 2.41. The van der Waals surface area contributed by atoms with E-state index in [-0.39, 0.29) is 0 Å². The summed E-state index contributed by atoms with van der Waals surface area (Å²) in [4.78, 5) is 0. The molecule has 0 radical (unpaired) electrons. The fourth-order valence-corrected chi connectivity index (χ4v) is 1.63. The van der Waals surface area contributed by atoms with Crippen LogP contribution in [0.1, 0.15) is 41.5 Å². The van der Waals surface area contributed by atoms with Gasteiger partial charge in [-0.2, -0.15) is 0 Å². The lowest BCUT2D eigenvalue weighted by molar-refractivity contribution is 0.0242. The van der Waals surface area contributed by atoms with Crippen LogP contribution in [-0.4, -0.2) is 43.9 Å². The third-order valence-corrected chi connectivity index (χ3v) is 3.32. The van der Waals surface area contributed by atoms with Crippen LogP contribution in [0.25, 0.3) is 0 Å². The van der Waals surface area contributed by atoms with Gasteiger partial charge in [0.25, 0.3) is 0 Å². The van der Waals surface area contributed by atoms with Gasteiger partial charge in [0, 0.05) is 10.8 Å². The number of aliphatic hydroxyl groups is 6. The van der Waals surface area contributed by atoms with Crippen molar-refractivity contribution in [3.05, 3.63) is 23.0 Å². The molecule has 0 bridgehead atoms. The Hall–Kier alpha value is -1.40. The molecule has 0 saturated heterocycles. The first-order valence-electron chi connectivity index (χ1n) is 6.73. The summed E-state index contributed by atoms with van der Waals surface area (Å²) in [5.74, 6) is -2.51. The fraction of sp³-hybridized carbons (Fsp3) is 0.733. The van der Waals surface area contributed by atoms with Crippen molar-refractivity contribution in [1.29, 1.82) is 0 Å². The maximum Gasteiger partial charge on any atom is 0.149 e. The van der Waals surface area contributed by atoms with E-state index in [4.69, 9.17) is 0 Å². The van der Waals surface area contributed by atoms with Crippen LogP contribution in [0.15, 0.2) is 23.0 Å². The number of hydrogen-bond donors (Lipinski definition) is 6. The van der Waals surface area contributed by atoms with Crippen LogP contribution >= 0.6 is 0 Å². The Balaban J connectivity index is 6.37. The van der Waals surface area contributed by atoms with Gasteiger partial charge in [0.2, 0.25) is 0 Å². The van der Waals surface area contributed by atoms with Crippen molar-refractivity contribution in [2.75, 3.05) is 13.2 Å². The minimum atomic E-state index is -2.06. The number of rotatable bonds is 4. The molecule has 0 spiro atoms. The average Bonchev–Trinajstić information content (AvgIpc) is 2.36. The summed E-state index contributed by atoms with van der Waals surface area (Å²) < 4.78 is 0. The van der Waals surface area contributed by atoms with Crippen LogP contribution < -0.4 is 0 Å². The molecule has 0 heterocycles. The molecule has 0 aliphatic carbocycles. The zero-order valence-electron chi connectivity index (χ0n) is 13.6. The minimum absolute atomic E-state index is 0.487. The molecule has 0 aliphatic rings. The molecule has 0 fully saturated rings. The molecule has 0 atom stereocenters. The van der Waals surface area contributed by atoms with E-state index >= 15 is 0 Å². The van der Waals surface area contributed by atoms with Crippen molar-refractivity contribution in [2.45, 2.75) is 41.5 Å². The van der Waals surface area contributed by atoms with Gasteiger partial charge in [-0.3, -0.25) is 0 Å². The summed E-state index contributed by atoms with van der Waals surface area (Å²) in [6.45, 7) is 7.91. The van der Waals surface area contributed by atoms with Crippen LogP contribution in [0.5, 0.6) is 0 Å². The molecule has 0 saturated carbocycles. The van der Waals surface area contributed by atoms with Gasteiger partial charge in [0.05, 0.1) is 13.2 Å². The standard InChI is InChI=1S/C15H28O6/c1-13(2,3)9(18)11(20)15(7-16,8-17)12(21)10(19)14(4,5)6/h16-21H,7-8H2,1-6H3. The second kappa shape index (κ2) is 6.15. The fourth-order valence-electron chi connectivity index (χ4n) is 1.63. The van der Waals surface area contributed by atoms with Crippen molar-refractivity contribution in [3.63, 3.8) is 0 Å². The van der Waals surface area contributed by atoms with Gasteiger partial charge < -0.3 is 30.6 Å². The Morgan fingerprint density at radius 2 is 0.810 bits per heavy atom. The summed E-state index contributed by atoms with van der Waals surface area (Å²) in [7, 11) is 0. The van der Waals surface area contributed by atoms with Crippen molar-refractivity contribution >= 4 is 0 Å². The van der Waals surface area contributed by atoms with E-state index in [0.717, 1.165) is 0 Å². The molecule has 0 aromatic rings. The summed E-state index contributed by atoms with van der Waals surface area (Å²) >= 11 is 0. The van der Waals surface area contributed by atoms with Gasteiger partial charge in [-0.05, 0) is 0 Å². The Morgan fingerprint density at radius 1 is 0.571 bits per heavy atom. The predicted molar refractivity (Wildman–Crippen MR) is 80.1 cm³/mol. The molecule has 0 rings (SSSR count). The quantitative estimate of drug-likeness (QED) is 0.444. The van der Waals surface area contributed by atoms with Gasteiger partial charge in [-0.25, -0.2) is 0 Å². The first-order valence-corrected chi connectivity index (χ1v) is 6.73. The lowest BCUT2D eigenvalue weighted by Gasteiger charge is -2.33. The van der Waals surface area contributed by atoms with E-state index in [1.54, 1.807) is 41.5 Å². The van der Waals surface area contributed by atoms with E-state index < -0.39 is 52.5 Å². The highest BCUT2D eigenvalue weighted by atomic mass is 16.3. The molecule has 0 aromatic heterocycles. The van der Waals surface area contributed by atoms with Crippen molar-refractivity contribution in [2.24, 2.45) is 16.2 Å². The Morgan fingerprint density at radius 3 is 0.952 bits per heavy atom. The highest BCUT2D eigenvalue weighted by molar-refractivity contribution is 5.28. The smallest absolute Gasteiger partial charge is 0.149 e. The van der Waals surface area contributed by atoms with E-state index in [9.17, 15) is 30.6 Å². The molecule has 0 aliphatic heterocycles. The second-order valence-electron chi connectivity index (χ2n) is 7.29. The number of aliphatic hydroxyl groups excluding tert-OH is 6. The van der Waals surface area contributed by atoms with Gasteiger partial charge in [0.1, 0.15) is 28.5 Å². The van der Waals surface area contributed by atoms with E-state index in [0.29, 0.717) is 0 Å². The van der Waals surface area contributed by atoms with E-state index in [1.807, 2.05) is 0 Å². The summed E-state index contributed by atoms with van der Waals surface area (Å²) in [6.07, 6.45) is 0. The lowest BCUT2D eigenvalue weighted by atomic mass is 9.77. The topological polar surface area (TPSA) is 121 Å². The SMILES string of the molecule is CC(C)(C)C(O)=C(O)C(CO)(CO)C(O)=C(O)C(C)(C)C. The monoisotopic (exact) mass is 304 g/mol. The summed E-state index contributed by atoms with van der Waals surface area (Å²) in [5.41, 5.74) is -3.79. The Labute approximate surface area is 125 Å². The number of hydrogen-bond acceptors (Lipinski definition) is 6. The molecular weight excluding hydrogens is 276 g/mol. The average molecular weight is 304 g/mol. The zero-order valence-corrected chi connectivity index (χ0v) is 13.6. The van der Waals surface area contributed by atoms with Gasteiger partial charge in [-0.15, -0.1) is 0 Å².